The Balaban J connectivity index is 1.81. The van der Waals surface area contributed by atoms with Crippen LogP contribution < -0.4 is 10.6 Å². The molecule has 2 amide bonds. The van der Waals surface area contributed by atoms with Crippen LogP contribution in [-0.4, -0.2) is 252 Å². The molecule has 8 unspecified atom stereocenters. The summed E-state index contributed by atoms with van der Waals surface area (Å²) in [7, 11) is -22.5. The quantitative estimate of drug-likeness (QED) is 0.0504. The normalized spacial score (nSPS) is 39.2. The fourth-order valence-electron chi connectivity index (χ4n) is 7.06. The number of ether oxygens (including phenoxy) is 7. The highest BCUT2D eigenvalue weighted by molar-refractivity contribution is 7.81. The second-order valence-electron chi connectivity index (χ2n) is 14.7. The van der Waals surface area contributed by atoms with Gasteiger partial charge in [0.25, 0.3) is 0 Å². The topological polar surface area (TPSA) is 573 Å². The zero-order chi connectivity index (χ0) is 52.5. The van der Waals surface area contributed by atoms with Crippen molar-refractivity contribution in [3.63, 3.8) is 0 Å². The van der Waals surface area contributed by atoms with Crippen LogP contribution in [0.3, 0.4) is 0 Å². The summed E-state index contributed by atoms with van der Waals surface area (Å²) in [6.07, 6.45) is -46.0. The largest absolute Gasteiger partial charge is 0.479 e. The van der Waals surface area contributed by atoms with E-state index in [9.17, 15) is 107 Å². The van der Waals surface area contributed by atoms with E-state index in [-0.39, 0.29) is 0 Å². The van der Waals surface area contributed by atoms with Crippen LogP contribution in [0.4, 0.5) is 0 Å². The number of nitrogens with one attached hydrogen (secondary N) is 2. The molecule has 4 rings (SSSR count). The van der Waals surface area contributed by atoms with E-state index in [1.807, 2.05) is 10.6 Å². The highest BCUT2D eigenvalue weighted by Crippen LogP contribution is 2.37. The average Bonchev–Trinajstić information content (AvgIpc) is 3.18. The van der Waals surface area contributed by atoms with E-state index < -0.39 is 201 Å². The first-order chi connectivity index (χ1) is 31.5. The number of aliphatic carboxylic acids is 2. The molecule has 0 aromatic rings. The number of amides is 2. The Hall–Kier alpha value is -3.16. The Kier molecular flexibility index (Phi) is 19.2. The van der Waals surface area contributed by atoms with E-state index in [0.717, 1.165) is 13.8 Å². The first kappa shape index (κ1) is 58.4. The molecule has 4 fully saturated rings. The van der Waals surface area contributed by atoms with Gasteiger partial charge in [0.05, 0.1) is 13.2 Å². The van der Waals surface area contributed by atoms with E-state index in [4.69, 9.17) is 37.7 Å². The molecule has 0 aliphatic carbocycles. The number of aliphatic hydroxyl groups is 6. The van der Waals surface area contributed by atoms with Gasteiger partial charge in [-0.1, -0.05) is 0 Å². The van der Waals surface area contributed by atoms with Crippen molar-refractivity contribution in [2.75, 3.05) is 13.2 Å². The Labute approximate surface area is 386 Å². The maximum Gasteiger partial charge on any atom is 0.397 e. The van der Waals surface area contributed by atoms with Crippen molar-refractivity contribution < 1.29 is 162 Å². The number of hydrogen-bond acceptors (Lipinski definition) is 29. The van der Waals surface area contributed by atoms with Crippen LogP contribution >= 0.6 is 0 Å². The van der Waals surface area contributed by atoms with Crippen molar-refractivity contribution in [2.45, 2.75) is 137 Å². The van der Waals surface area contributed by atoms with Crippen molar-refractivity contribution in [3.8, 4) is 0 Å². The number of hydrogen-bond donors (Lipinski definition) is 14. The van der Waals surface area contributed by atoms with Gasteiger partial charge in [0.2, 0.25) is 11.8 Å². The fourth-order valence-corrected chi connectivity index (χ4v) is 8.70. The van der Waals surface area contributed by atoms with Gasteiger partial charge in [-0.3, -0.25) is 27.8 Å². The van der Waals surface area contributed by atoms with Crippen LogP contribution in [0.2, 0.25) is 0 Å². The van der Waals surface area contributed by atoms with Crippen LogP contribution in [-0.2, 0) is 111 Å². The standard InChI is InChI=1S/C28H44N2O35S4/c1-5(31)29-9-18(16(64-68(49,50)51)7(57-25(9)42)3-55-66(43,44)45)59-28-15(37)13(35)20(22(63-28)24(40)41)61-26-10(30-6(2)32)19(60-27-14(36)11(33)12(34)21(62-27)23(38)39)17(65-69(52,53)54)8(58-26)4-56-67(46,47)48/h7-22,25-28,33-37,42H,3-4H2,1-2H3,(H,29,31)(H,30,32)(H,38,39)(H,40,41)(H,43,44,45)(H,46,47,48)(H,49,50,51)(H,52,53,54)/t7?,8?,9?,10?,11-,12+,13+,14?,15?,16-,17-,18+,19+,20+,21?,22?,25+,26-,27+,28+/m0/s1. The molecule has 4 aliphatic heterocycles. The molecular weight excluding hydrogens is 1050 g/mol. The van der Waals surface area contributed by atoms with Gasteiger partial charge >= 0.3 is 53.5 Å². The van der Waals surface area contributed by atoms with Crippen molar-refractivity contribution in [3.05, 3.63) is 0 Å². The van der Waals surface area contributed by atoms with Crippen molar-refractivity contribution >= 4 is 65.3 Å². The number of carboxylic acid groups (broad SMARTS) is 2. The van der Waals surface area contributed by atoms with E-state index in [0.29, 0.717) is 0 Å². The summed E-state index contributed by atoms with van der Waals surface area (Å²) in [4.78, 5) is 49.4. The van der Waals surface area contributed by atoms with Gasteiger partial charge < -0.3 is 84.6 Å². The van der Waals surface area contributed by atoms with Gasteiger partial charge in [-0.05, 0) is 0 Å². The fraction of sp³-hybridized carbons (Fsp3) is 0.857. The van der Waals surface area contributed by atoms with Crippen molar-refractivity contribution in [1.29, 1.82) is 0 Å². The van der Waals surface area contributed by atoms with E-state index in [1.54, 1.807) is 0 Å². The minimum absolute atomic E-state index is 0.719. The second kappa shape index (κ2) is 22.7. The monoisotopic (exact) mass is 1100 g/mol. The lowest BCUT2D eigenvalue weighted by Crippen LogP contribution is -2.71. The molecule has 4 heterocycles. The summed E-state index contributed by atoms with van der Waals surface area (Å²) in [5.74, 6) is -6.52. The summed E-state index contributed by atoms with van der Waals surface area (Å²) in [5.41, 5.74) is 0. The molecule has 0 bridgehead atoms. The average molecular weight is 1100 g/mol. The molecule has 0 spiro atoms. The predicted molar refractivity (Wildman–Crippen MR) is 200 cm³/mol. The van der Waals surface area contributed by atoms with Gasteiger partial charge in [-0.25, -0.2) is 26.3 Å². The molecule has 41 heteroatoms. The molecule has 0 aromatic heterocycles. The summed E-state index contributed by atoms with van der Waals surface area (Å²) >= 11 is 0. The maximum atomic E-state index is 12.8. The summed E-state index contributed by atoms with van der Waals surface area (Å²) in [5, 5.41) is 88.6. The van der Waals surface area contributed by atoms with Crippen LogP contribution in [0, 0.1) is 0 Å². The van der Waals surface area contributed by atoms with Gasteiger partial charge in [0.15, 0.2) is 37.4 Å². The van der Waals surface area contributed by atoms with Gasteiger partial charge in [0, 0.05) is 13.8 Å². The molecule has 4 aliphatic rings. The number of aliphatic hydroxyl groups excluding tert-OH is 6. The molecular formula is C28H44N2O35S4. The molecule has 69 heavy (non-hydrogen) atoms. The van der Waals surface area contributed by atoms with Crippen LogP contribution in [0.1, 0.15) is 13.8 Å². The molecule has 4 saturated heterocycles. The minimum atomic E-state index is -5.83. The maximum absolute atomic E-state index is 12.8. The molecule has 0 radical (unpaired) electrons. The third kappa shape index (κ3) is 15.9. The first-order valence-corrected chi connectivity index (χ1v) is 24.2. The smallest absolute Gasteiger partial charge is 0.397 e. The summed E-state index contributed by atoms with van der Waals surface area (Å²) < 4.78 is 187. The third-order valence-electron chi connectivity index (χ3n) is 9.75. The Morgan fingerprint density at radius 2 is 0.855 bits per heavy atom. The SMILES string of the molecule is CC(=O)NC1[C@H](O[C@H]2C(C(=O)O)O[C@@H](O[C@@H]3C(NC(C)=O)[C@H](O)OC(COS(=O)(=O)O)[C@@H]3OS(=O)(=O)O)C(O)[C@H]2O)OC(COS(=O)(=O)O)[C@H](OS(=O)(=O)O)[C@@H]1O[C@@H]1OC(C(=O)O)[C@H](O)[C@H](O)C1O. The zero-order valence-corrected chi connectivity index (χ0v) is 37.6. The molecule has 20 atom stereocenters. The van der Waals surface area contributed by atoms with Crippen molar-refractivity contribution in [2.24, 2.45) is 0 Å². The van der Waals surface area contributed by atoms with Crippen LogP contribution in [0.5, 0.6) is 0 Å². The third-order valence-corrected chi connectivity index (χ3v) is 11.6. The lowest BCUT2D eigenvalue weighted by atomic mass is 9.94. The lowest BCUT2D eigenvalue weighted by molar-refractivity contribution is -0.366. The summed E-state index contributed by atoms with van der Waals surface area (Å²) in [6.45, 7) is -1.60. The first-order valence-electron chi connectivity index (χ1n) is 18.7. The summed E-state index contributed by atoms with van der Waals surface area (Å²) in [6, 6.07) is -4.50. The number of carboxylic acids is 2. The number of rotatable bonds is 20. The van der Waals surface area contributed by atoms with Crippen molar-refractivity contribution in [1.82, 2.24) is 10.6 Å². The second-order valence-corrected chi connectivity index (χ2v) is 19.0. The Morgan fingerprint density at radius 3 is 1.28 bits per heavy atom. The van der Waals surface area contributed by atoms with Crippen LogP contribution in [0.15, 0.2) is 0 Å². The minimum Gasteiger partial charge on any atom is -0.479 e. The van der Waals surface area contributed by atoms with E-state index in [2.05, 4.69) is 16.7 Å². The lowest BCUT2D eigenvalue weighted by Gasteiger charge is -2.50. The Morgan fingerprint density at radius 1 is 0.464 bits per heavy atom. The van der Waals surface area contributed by atoms with Crippen LogP contribution in [0.25, 0.3) is 0 Å². The molecule has 400 valence electrons. The number of carbonyl (C=O) groups excluding carboxylic acids is 2. The zero-order valence-electron chi connectivity index (χ0n) is 34.4. The molecule has 14 N–H and O–H groups in total. The highest BCUT2D eigenvalue weighted by atomic mass is 32.3. The Bertz CT molecular complexity index is 2300. The molecule has 37 nitrogen and oxygen atoms in total. The predicted octanol–water partition coefficient (Wildman–Crippen LogP) is -9.97. The molecule has 0 saturated carbocycles. The number of carbonyl (C=O) groups is 4. The van der Waals surface area contributed by atoms with E-state index in [1.165, 1.54) is 0 Å². The molecule has 0 aromatic carbocycles. The van der Waals surface area contributed by atoms with E-state index >= 15 is 0 Å². The highest BCUT2D eigenvalue weighted by Gasteiger charge is 2.59. The van der Waals surface area contributed by atoms with Gasteiger partial charge in [-0.2, -0.15) is 33.7 Å². The van der Waals surface area contributed by atoms with Gasteiger partial charge in [0.1, 0.15) is 85.3 Å². The van der Waals surface area contributed by atoms with Gasteiger partial charge in [-0.15, -0.1) is 0 Å².